The van der Waals surface area contributed by atoms with Crippen LogP contribution in [0.3, 0.4) is 0 Å². The molecule has 1 unspecified atom stereocenters. The van der Waals surface area contributed by atoms with Gasteiger partial charge < -0.3 is 5.32 Å². The zero-order valence-corrected chi connectivity index (χ0v) is 12.4. The molecule has 1 amide bonds. The van der Waals surface area contributed by atoms with Gasteiger partial charge in [0.15, 0.2) is 0 Å². The van der Waals surface area contributed by atoms with E-state index in [1.54, 1.807) is 0 Å². The largest absolute Gasteiger partial charge is 0.353 e. The lowest BCUT2D eigenvalue weighted by atomic mass is 10.2. The van der Waals surface area contributed by atoms with E-state index in [0.717, 1.165) is 12.2 Å². The molecule has 1 aromatic rings. The number of hydrogen-bond donors (Lipinski definition) is 2. The lowest BCUT2D eigenvalue weighted by molar-refractivity contribution is -0.121. The molecule has 0 fully saturated rings. The highest BCUT2D eigenvalue weighted by atomic mass is 35.5. The van der Waals surface area contributed by atoms with Crippen molar-refractivity contribution in [2.24, 2.45) is 0 Å². The highest BCUT2D eigenvalue weighted by Gasteiger charge is 2.16. The minimum absolute atomic E-state index is 0. The molecule has 0 radical (unpaired) electrons. The molecule has 5 nitrogen and oxygen atoms in total. The average molecular weight is 285 g/mol. The number of nitrogens with zero attached hydrogens (tertiary/aromatic N) is 2. The molecule has 2 rings (SSSR count). The van der Waals surface area contributed by atoms with Gasteiger partial charge in [0.05, 0.1) is 12.2 Å². The van der Waals surface area contributed by atoms with Gasteiger partial charge in [-0.2, -0.15) is 5.10 Å². The van der Waals surface area contributed by atoms with Crippen LogP contribution in [0.1, 0.15) is 17.0 Å². The number of aromatic nitrogens is 2. The van der Waals surface area contributed by atoms with Crippen molar-refractivity contribution in [3.63, 3.8) is 0 Å². The second kappa shape index (κ2) is 6.73. The summed E-state index contributed by atoms with van der Waals surface area (Å²) in [4.78, 5) is 11.7. The third-order valence-corrected chi connectivity index (χ3v) is 3.43. The summed E-state index contributed by atoms with van der Waals surface area (Å²) in [7, 11) is 0. The van der Waals surface area contributed by atoms with Crippen molar-refractivity contribution in [1.82, 2.24) is 20.4 Å². The summed E-state index contributed by atoms with van der Waals surface area (Å²) in [5, 5.41) is 10.4. The maximum atomic E-state index is 11.7. The third kappa shape index (κ3) is 3.58. The summed E-state index contributed by atoms with van der Waals surface area (Å²) in [5.74, 6) is 0.0296. The first-order chi connectivity index (χ1) is 8.59. The Morgan fingerprint density at radius 2 is 2.26 bits per heavy atom. The van der Waals surface area contributed by atoms with Crippen LogP contribution in [-0.4, -0.2) is 34.8 Å². The van der Waals surface area contributed by atoms with Crippen LogP contribution in [0.5, 0.6) is 0 Å². The standard InChI is InChI=1S/C13H20N4O.ClH/c1-9-10(2)16-17(11(9)3)8-7-15-13(18)12-5-4-6-14-12;/h4-5,12,14H,6-8H2,1-3H3,(H,15,18);1H. The van der Waals surface area contributed by atoms with Gasteiger partial charge in [-0.3, -0.25) is 14.8 Å². The number of carbonyl (C=O) groups excluding carboxylic acids is 1. The van der Waals surface area contributed by atoms with Gasteiger partial charge in [-0.15, -0.1) is 12.4 Å². The first-order valence-corrected chi connectivity index (χ1v) is 6.28. The van der Waals surface area contributed by atoms with E-state index in [1.807, 2.05) is 23.8 Å². The fourth-order valence-electron chi connectivity index (χ4n) is 2.05. The van der Waals surface area contributed by atoms with Gasteiger partial charge >= 0.3 is 0 Å². The topological polar surface area (TPSA) is 59.0 Å². The molecule has 0 aliphatic carbocycles. The molecule has 6 heteroatoms. The molecule has 1 aliphatic heterocycles. The Hall–Kier alpha value is -1.33. The minimum atomic E-state index is -0.174. The molecule has 2 heterocycles. The van der Waals surface area contributed by atoms with E-state index >= 15 is 0 Å². The first-order valence-electron chi connectivity index (χ1n) is 6.28. The fraction of sp³-hybridized carbons (Fsp3) is 0.538. The van der Waals surface area contributed by atoms with E-state index in [0.29, 0.717) is 13.1 Å². The van der Waals surface area contributed by atoms with E-state index in [1.165, 1.54) is 11.3 Å². The van der Waals surface area contributed by atoms with Crippen LogP contribution in [0.2, 0.25) is 0 Å². The van der Waals surface area contributed by atoms with E-state index in [9.17, 15) is 4.79 Å². The third-order valence-electron chi connectivity index (χ3n) is 3.43. The van der Waals surface area contributed by atoms with Gasteiger partial charge in [-0.25, -0.2) is 0 Å². The summed E-state index contributed by atoms with van der Waals surface area (Å²) < 4.78 is 1.95. The second-order valence-corrected chi connectivity index (χ2v) is 4.62. The Morgan fingerprint density at radius 3 is 2.79 bits per heavy atom. The monoisotopic (exact) mass is 284 g/mol. The number of amides is 1. The smallest absolute Gasteiger partial charge is 0.241 e. The Bertz CT molecular complexity index is 481. The number of rotatable bonds is 4. The molecule has 0 saturated heterocycles. The minimum Gasteiger partial charge on any atom is -0.353 e. The van der Waals surface area contributed by atoms with Crippen LogP contribution in [0.25, 0.3) is 0 Å². The van der Waals surface area contributed by atoms with E-state index in [4.69, 9.17) is 0 Å². The van der Waals surface area contributed by atoms with Crippen molar-refractivity contribution in [2.75, 3.05) is 13.1 Å². The number of nitrogens with one attached hydrogen (secondary N) is 2. The molecule has 0 saturated carbocycles. The van der Waals surface area contributed by atoms with Crippen molar-refractivity contribution in [1.29, 1.82) is 0 Å². The van der Waals surface area contributed by atoms with Gasteiger partial charge in [0.1, 0.15) is 6.04 Å². The van der Waals surface area contributed by atoms with Gasteiger partial charge in [0.25, 0.3) is 0 Å². The first kappa shape index (κ1) is 15.7. The second-order valence-electron chi connectivity index (χ2n) is 4.62. The number of aryl methyl sites for hydroxylation is 1. The van der Waals surface area contributed by atoms with Gasteiger partial charge in [-0.05, 0) is 26.3 Å². The normalized spacial score (nSPS) is 17.3. The van der Waals surface area contributed by atoms with Gasteiger partial charge in [-0.1, -0.05) is 12.2 Å². The summed E-state index contributed by atoms with van der Waals surface area (Å²) in [6, 6.07) is -0.174. The molecular formula is C13H21ClN4O. The van der Waals surface area contributed by atoms with Crippen LogP contribution in [-0.2, 0) is 11.3 Å². The highest BCUT2D eigenvalue weighted by molar-refractivity contribution is 5.85. The lowest BCUT2D eigenvalue weighted by Crippen LogP contribution is -2.41. The van der Waals surface area contributed by atoms with Crippen molar-refractivity contribution in [3.05, 3.63) is 29.1 Å². The zero-order chi connectivity index (χ0) is 13.1. The molecule has 1 atom stereocenters. The van der Waals surface area contributed by atoms with Crippen molar-refractivity contribution in [2.45, 2.75) is 33.4 Å². The van der Waals surface area contributed by atoms with E-state index in [-0.39, 0.29) is 24.4 Å². The Morgan fingerprint density at radius 1 is 1.53 bits per heavy atom. The summed E-state index contributed by atoms with van der Waals surface area (Å²) in [5.41, 5.74) is 3.45. The van der Waals surface area contributed by atoms with E-state index in [2.05, 4.69) is 29.6 Å². The molecule has 19 heavy (non-hydrogen) atoms. The van der Waals surface area contributed by atoms with Crippen LogP contribution in [0.15, 0.2) is 12.2 Å². The van der Waals surface area contributed by atoms with Crippen LogP contribution < -0.4 is 10.6 Å². The maximum Gasteiger partial charge on any atom is 0.241 e. The molecule has 1 aromatic heterocycles. The summed E-state index contributed by atoms with van der Waals surface area (Å²) in [6.45, 7) is 8.22. The zero-order valence-electron chi connectivity index (χ0n) is 11.6. The predicted octanol–water partition coefficient (Wildman–Crippen LogP) is 0.874. The molecule has 0 aromatic carbocycles. The molecule has 0 bridgehead atoms. The molecule has 0 spiro atoms. The Labute approximate surface area is 119 Å². The molecular weight excluding hydrogens is 264 g/mol. The van der Waals surface area contributed by atoms with Gasteiger partial charge in [0, 0.05) is 18.8 Å². The molecule has 2 N–H and O–H groups in total. The Balaban J connectivity index is 0.00000180. The highest BCUT2D eigenvalue weighted by Crippen LogP contribution is 2.10. The quantitative estimate of drug-likeness (QED) is 0.807. The molecule has 106 valence electrons. The van der Waals surface area contributed by atoms with E-state index < -0.39 is 0 Å². The predicted molar refractivity (Wildman–Crippen MR) is 77.6 cm³/mol. The maximum absolute atomic E-state index is 11.7. The average Bonchev–Trinajstić information content (AvgIpc) is 2.95. The van der Waals surface area contributed by atoms with Crippen molar-refractivity contribution < 1.29 is 4.79 Å². The van der Waals surface area contributed by atoms with Gasteiger partial charge in [0.2, 0.25) is 5.91 Å². The Kier molecular flexibility index (Phi) is 5.57. The number of carbonyl (C=O) groups is 1. The lowest BCUT2D eigenvalue weighted by Gasteiger charge is -2.11. The number of hydrogen-bond acceptors (Lipinski definition) is 3. The fourth-order valence-corrected chi connectivity index (χ4v) is 2.05. The van der Waals surface area contributed by atoms with Crippen molar-refractivity contribution >= 4 is 18.3 Å². The van der Waals surface area contributed by atoms with Crippen LogP contribution in [0.4, 0.5) is 0 Å². The summed E-state index contributed by atoms with van der Waals surface area (Å²) in [6.07, 6.45) is 3.86. The summed E-state index contributed by atoms with van der Waals surface area (Å²) >= 11 is 0. The van der Waals surface area contributed by atoms with Crippen LogP contribution >= 0.6 is 12.4 Å². The van der Waals surface area contributed by atoms with Crippen LogP contribution in [0, 0.1) is 20.8 Å². The number of halogens is 1. The van der Waals surface area contributed by atoms with Crippen molar-refractivity contribution in [3.8, 4) is 0 Å². The SMILES string of the molecule is Cc1nn(CCNC(=O)C2C=CCN2)c(C)c1C.Cl. The molecule has 1 aliphatic rings.